The lowest BCUT2D eigenvalue weighted by Crippen LogP contribution is -2.43. The third kappa shape index (κ3) is 4.21. The molecule has 0 aromatic heterocycles. The van der Waals surface area contributed by atoms with E-state index in [9.17, 15) is 9.18 Å². The third-order valence-electron chi connectivity index (χ3n) is 3.60. The number of hydrogen-bond acceptors (Lipinski definition) is 4. The minimum atomic E-state index is -0.315. The van der Waals surface area contributed by atoms with E-state index in [1.54, 1.807) is 0 Å². The van der Waals surface area contributed by atoms with Crippen LogP contribution < -0.4 is 9.46 Å². The number of aryl methyl sites for hydroxylation is 1. The summed E-state index contributed by atoms with van der Waals surface area (Å²) in [5, 5.41) is 0. The quantitative estimate of drug-likeness (QED) is 0.760. The molecule has 3 nitrogen and oxygen atoms in total. The summed E-state index contributed by atoms with van der Waals surface area (Å²) in [6, 6.07) is 5.06. The fourth-order valence-corrected chi connectivity index (χ4v) is 2.46. The number of Topliss-reactive ketones (excluding diaryl/α,β-unsaturated/α-hetero) is 1. The lowest BCUT2D eigenvalue weighted by atomic mass is 9.90. The number of halogens is 1. The summed E-state index contributed by atoms with van der Waals surface area (Å²) in [6.07, 6.45) is 3.42. The SMILES string of the molecule is CCC(=O)CCc1cc(F)cc(OC2CC(NS)C2)c1. The summed E-state index contributed by atoms with van der Waals surface area (Å²) in [5.74, 6) is 0.426. The molecule has 0 unspecified atom stereocenters. The Morgan fingerprint density at radius 2 is 2.20 bits per heavy atom. The zero-order valence-corrected chi connectivity index (χ0v) is 12.5. The van der Waals surface area contributed by atoms with E-state index in [1.165, 1.54) is 12.1 Å². The van der Waals surface area contributed by atoms with Crippen LogP contribution in [0.25, 0.3) is 0 Å². The normalized spacial score (nSPS) is 21.4. The van der Waals surface area contributed by atoms with Gasteiger partial charge >= 0.3 is 0 Å². The Kier molecular flexibility index (Phi) is 5.43. The van der Waals surface area contributed by atoms with E-state index >= 15 is 0 Å². The summed E-state index contributed by atoms with van der Waals surface area (Å²) >= 11 is 4.00. The van der Waals surface area contributed by atoms with Gasteiger partial charge in [0.15, 0.2) is 0 Å². The first-order valence-electron chi connectivity index (χ1n) is 6.98. The Balaban J connectivity index is 1.92. The summed E-state index contributed by atoms with van der Waals surface area (Å²) < 4.78 is 22.2. The van der Waals surface area contributed by atoms with Crippen LogP contribution in [0.1, 0.15) is 38.2 Å². The van der Waals surface area contributed by atoms with Crippen molar-refractivity contribution in [1.29, 1.82) is 0 Å². The molecular formula is C15H20FNO2S. The second kappa shape index (κ2) is 7.09. The van der Waals surface area contributed by atoms with Crippen molar-refractivity contribution in [3.05, 3.63) is 29.6 Å². The molecule has 110 valence electrons. The van der Waals surface area contributed by atoms with Gasteiger partial charge in [-0.25, -0.2) is 4.39 Å². The molecule has 0 heterocycles. The van der Waals surface area contributed by atoms with E-state index in [2.05, 4.69) is 17.5 Å². The van der Waals surface area contributed by atoms with Crippen molar-refractivity contribution >= 4 is 18.6 Å². The van der Waals surface area contributed by atoms with Crippen molar-refractivity contribution < 1.29 is 13.9 Å². The Hall–Kier alpha value is -1.07. The standard InChI is InChI=1S/C15H20FNO2S/c1-2-13(18)4-3-10-5-11(16)7-14(6-10)19-15-8-12(9-15)17-20/h5-7,12,15,17,20H,2-4,8-9H2,1H3. The lowest BCUT2D eigenvalue weighted by Gasteiger charge is -2.34. The molecule has 0 aliphatic heterocycles. The third-order valence-corrected chi connectivity index (χ3v) is 3.96. The van der Waals surface area contributed by atoms with Crippen molar-refractivity contribution in [3.8, 4) is 5.75 Å². The molecule has 1 fully saturated rings. The van der Waals surface area contributed by atoms with Crippen molar-refractivity contribution in [2.45, 2.75) is 51.2 Å². The number of thiol groups is 1. The Bertz CT molecular complexity index is 475. The minimum absolute atomic E-state index is 0.117. The van der Waals surface area contributed by atoms with Crippen LogP contribution in [0, 0.1) is 5.82 Å². The lowest BCUT2D eigenvalue weighted by molar-refractivity contribution is -0.118. The molecule has 0 bridgehead atoms. The molecule has 1 N–H and O–H groups in total. The number of nitrogens with one attached hydrogen (secondary N) is 1. The maximum atomic E-state index is 13.6. The second-order valence-corrected chi connectivity index (χ2v) is 5.48. The van der Waals surface area contributed by atoms with Crippen LogP contribution in [0.15, 0.2) is 18.2 Å². The van der Waals surface area contributed by atoms with Crippen LogP contribution >= 0.6 is 12.8 Å². The molecule has 0 spiro atoms. The first kappa shape index (κ1) is 15.3. The van der Waals surface area contributed by atoms with E-state index in [0.29, 0.717) is 31.1 Å². The van der Waals surface area contributed by atoms with Gasteiger partial charge < -0.3 is 4.74 Å². The molecule has 1 aromatic rings. The summed E-state index contributed by atoms with van der Waals surface area (Å²) in [6.45, 7) is 1.84. The van der Waals surface area contributed by atoms with Gasteiger partial charge in [0.05, 0.1) is 0 Å². The van der Waals surface area contributed by atoms with Crippen LogP contribution in [-0.4, -0.2) is 17.9 Å². The average molecular weight is 297 g/mol. The van der Waals surface area contributed by atoms with Crippen LogP contribution in [-0.2, 0) is 11.2 Å². The molecule has 1 aromatic carbocycles. The molecule has 1 aliphatic carbocycles. The van der Waals surface area contributed by atoms with Gasteiger partial charge in [0.1, 0.15) is 23.5 Å². The van der Waals surface area contributed by atoms with Crippen molar-refractivity contribution in [1.82, 2.24) is 4.72 Å². The van der Waals surface area contributed by atoms with Gasteiger partial charge in [0.25, 0.3) is 0 Å². The van der Waals surface area contributed by atoms with Gasteiger partial charge in [-0.3, -0.25) is 9.52 Å². The molecule has 0 radical (unpaired) electrons. The Labute approximate surface area is 124 Å². The summed E-state index contributed by atoms with van der Waals surface area (Å²) in [4.78, 5) is 11.3. The van der Waals surface area contributed by atoms with E-state index in [0.717, 1.165) is 18.4 Å². The molecule has 2 rings (SSSR count). The second-order valence-electron chi connectivity index (χ2n) is 5.22. The molecular weight excluding hydrogens is 277 g/mol. The maximum absolute atomic E-state index is 13.6. The Morgan fingerprint density at radius 1 is 1.45 bits per heavy atom. The number of carbonyl (C=O) groups is 1. The first-order chi connectivity index (χ1) is 9.60. The highest BCUT2D eigenvalue weighted by Crippen LogP contribution is 2.27. The van der Waals surface area contributed by atoms with Gasteiger partial charge in [-0.1, -0.05) is 19.7 Å². The largest absolute Gasteiger partial charge is 0.490 e. The summed E-state index contributed by atoms with van der Waals surface area (Å²) in [5.41, 5.74) is 0.810. The predicted molar refractivity (Wildman–Crippen MR) is 79.6 cm³/mol. The monoisotopic (exact) mass is 297 g/mol. The minimum Gasteiger partial charge on any atom is -0.490 e. The average Bonchev–Trinajstić information content (AvgIpc) is 2.39. The van der Waals surface area contributed by atoms with E-state index in [-0.39, 0.29) is 17.7 Å². The molecule has 0 atom stereocenters. The van der Waals surface area contributed by atoms with Gasteiger partial charge in [-0.05, 0) is 24.1 Å². The fourth-order valence-electron chi connectivity index (χ4n) is 2.25. The highest BCUT2D eigenvalue weighted by atomic mass is 32.1. The Morgan fingerprint density at radius 3 is 2.85 bits per heavy atom. The molecule has 5 heteroatoms. The van der Waals surface area contributed by atoms with Gasteiger partial charge in [0, 0.05) is 37.8 Å². The van der Waals surface area contributed by atoms with Gasteiger partial charge in [-0.15, -0.1) is 0 Å². The van der Waals surface area contributed by atoms with E-state index < -0.39 is 0 Å². The number of ether oxygens (including phenoxy) is 1. The van der Waals surface area contributed by atoms with Gasteiger partial charge in [0.2, 0.25) is 0 Å². The maximum Gasteiger partial charge on any atom is 0.132 e. The highest BCUT2D eigenvalue weighted by Gasteiger charge is 2.29. The fraction of sp³-hybridized carbons (Fsp3) is 0.533. The number of carbonyl (C=O) groups excluding carboxylic acids is 1. The summed E-state index contributed by atoms with van der Waals surface area (Å²) in [7, 11) is 0. The topological polar surface area (TPSA) is 38.3 Å². The highest BCUT2D eigenvalue weighted by molar-refractivity contribution is 7.78. The molecule has 1 aliphatic rings. The van der Waals surface area contributed by atoms with Crippen LogP contribution in [0.4, 0.5) is 4.39 Å². The van der Waals surface area contributed by atoms with Gasteiger partial charge in [-0.2, -0.15) is 0 Å². The predicted octanol–water partition coefficient (Wildman–Crippen LogP) is 3.08. The van der Waals surface area contributed by atoms with Crippen molar-refractivity contribution in [2.24, 2.45) is 0 Å². The smallest absolute Gasteiger partial charge is 0.132 e. The number of ketones is 1. The molecule has 0 saturated heterocycles. The molecule has 0 amide bonds. The number of rotatable bonds is 7. The first-order valence-corrected chi connectivity index (χ1v) is 7.43. The zero-order valence-electron chi connectivity index (χ0n) is 11.6. The van der Waals surface area contributed by atoms with Crippen molar-refractivity contribution in [3.63, 3.8) is 0 Å². The van der Waals surface area contributed by atoms with Crippen molar-refractivity contribution in [2.75, 3.05) is 0 Å². The zero-order chi connectivity index (χ0) is 14.5. The van der Waals surface area contributed by atoms with Crippen LogP contribution in [0.2, 0.25) is 0 Å². The van der Waals surface area contributed by atoms with Crippen LogP contribution in [0.3, 0.4) is 0 Å². The molecule has 1 saturated carbocycles. The van der Waals surface area contributed by atoms with E-state index in [1.807, 2.05) is 13.0 Å². The number of benzene rings is 1. The number of hydrogen-bond donors (Lipinski definition) is 2. The van der Waals surface area contributed by atoms with Crippen LogP contribution in [0.5, 0.6) is 5.75 Å². The molecule has 20 heavy (non-hydrogen) atoms. The van der Waals surface area contributed by atoms with E-state index in [4.69, 9.17) is 4.74 Å².